The largest absolute Gasteiger partial charge is 0.458 e. The molecule has 0 bridgehead atoms. The fourth-order valence-corrected chi connectivity index (χ4v) is 2.35. The average Bonchev–Trinajstić information content (AvgIpc) is 2.57. The second-order valence-corrected chi connectivity index (χ2v) is 4.34. The van der Waals surface area contributed by atoms with Crippen LogP contribution in [0.15, 0.2) is 22.6 Å². The van der Waals surface area contributed by atoms with Crippen molar-refractivity contribution < 1.29 is 4.42 Å². The lowest BCUT2D eigenvalue weighted by Gasteiger charge is -1.94. The zero-order chi connectivity index (χ0) is 10.1. The van der Waals surface area contributed by atoms with Crippen LogP contribution >= 0.6 is 22.6 Å². The summed E-state index contributed by atoms with van der Waals surface area (Å²) in [6.07, 6.45) is 0.972. The van der Waals surface area contributed by atoms with Gasteiger partial charge in [0.2, 0.25) is 0 Å². The van der Waals surface area contributed by atoms with Crippen LogP contribution in [-0.2, 0) is 13.0 Å². The van der Waals surface area contributed by atoms with Crippen LogP contribution in [0.25, 0.3) is 11.0 Å². The highest BCUT2D eigenvalue weighted by molar-refractivity contribution is 14.1. The summed E-state index contributed by atoms with van der Waals surface area (Å²) < 4.78 is 6.89. The summed E-state index contributed by atoms with van der Waals surface area (Å²) in [5, 5.41) is 1.21. The Morgan fingerprint density at radius 2 is 2.21 bits per heavy atom. The Bertz CT molecular complexity index is 462. The molecular weight excluding hydrogens is 289 g/mol. The number of furan rings is 1. The van der Waals surface area contributed by atoms with E-state index in [4.69, 9.17) is 10.2 Å². The van der Waals surface area contributed by atoms with E-state index in [2.05, 4.69) is 41.6 Å². The molecule has 2 nitrogen and oxygen atoms in total. The van der Waals surface area contributed by atoms with Crippen LogP contribution in [0.4, 0.5) is 0 Å². The summed E-state index contributed by atoms with van der Waals surface area (Å²) in [6, 6.07) is 6.20. The monoisotopic (exact) mass is 301 g/mol. The van der Waals surface area contributed by atoms with Crippen LogP contribution in [0.3, 0.4) is 0 Å². The normalized spacial score (nSPS) is 11.1. The molecule has 1 aromatic carbocycles. The van der Waals surface area contributed by atoms with E-state index < -0.39 is 0 Å². The maximum atomic E-state index is 5.74. The number of benzene rings is 1. The minimum Gasteiger partial charge on any atom is -0.458 e. The molecule has 0 fully saturated rings. The zero-order valence-electron chi connectivity index (χ0n) is 8.01. The summed E-state index contributed by atoms with van der Waals surface area (Å²) in [4.78, 5) is 0. The van der Waals surface area contributed by atoms with Crippen LogP contribution in [0.5, 0.6) is 0 Å². The molecule has 2 N–H and O–H groups in total. The Morgan fingerprint density at radius 3 is 2.86 bits per heavy atom. The van der Waals surface area contributed by atoms with E-state index in [0.717, 1.165) is 21.3 Å². The van der Waals surface area contributed by atoms with Gasteiger partial charge in [0.25, 0.3) is 0 Å². The van der Waals surface area contributed by atoms with Crippen molar-refractivity contribution in [2.45, 2.75) is 19.9 Å². The van der Waals surface area contributed by atoms with E-state index in [1.807, 2.05) is 6.07 Å². The van der Waals surface area contributed by atoms with Gasteiger partial charge in [-0.2, -0.15) is 0 Å². The first-order valence-corrected chi connectivity index (χ1v) is 5.74. The molecule has 0 aliphatic carbocycles. The number of fused-ring (bicyclic) bond motifs is 1. The van der Waals surface area contributed by atoms with Crippen LogP contribution < -0.4 is 5.73 Å². The molecule has 2 rings (SSSR count). The van der Waals surface area contributed by atoms with Crippen LogP contribution in [0, 0.1) is 3.57 Å². The average molecular weight is 301 g/mol. The molecule has 74 valence electrons. The van der Waals surface area contributed by atoms with E-state index in [-0.39, 0.29) is 0 Å². The van der Waals surface area contributed by atoms with Gasteiger partial charge in [-0.25, -0.2) is 0 Å². The van der Waals surface area contributed by atoms with Gasteiger partial charge in [-0.15, -0.1) is 0 Å². The van der Waals surface area contributed by atoms with Crippen LogP contribution in [-0.4, -0.2) is 0 Å². The molecule has 0 spiro atoms. The van der Waals surface area contributed by atoms with E-state index in [1.54, 1.807) is 0 Å². The van der Waals surface area contributed by atoms with Crippen molar-refractivity contribution in [2.75, 3.05) is 0 Å². The molecule has 0 aliphatic rings. The van der Waals surface area contributed by atoms with Crippen molar-refractivity contribution in [3.63, 3.8) is 0 Å². The third-order valence-electron chi connectivity index (χ3n) is 2.39. The topological polar surface area (TPSA) is 39.2 Å². The predicted molar refractivity (Wildman–Crippen MR) is 66.2 cm³/mol. The van der Waals surface area contributed by atoms with Crippen molar-refractivity contribution >= 4 is 33.6 Å². The molecule has 0 aliphatic heterocycles. The van der Waals surface area contributed by atoms with Gasteiger partial charge in [-0.1, -0.05) is 19.1 Å². The molecule has 0 radical (unpaired) electrons. The standard InChI is InChI=1S/C11H12INO/c1-2-7-8-4-3-5-9(12)11(8)14-10(7)6-13/h3-5H,2,6,13H2,1H3. The first-order valence-electron chi connectivity index (χ1n) is 4.66. The molecule has 0 unspecified atom stereocenters. The lowest BCUT2D eigenvalue weighted by atomic mass is 10.1. The molecule has 3 heteroatoms. The smallest absolute Gasteiger partial charge is 0.147 e. The lowest BCUT2D eigenvalue weighted by Crippen LogP contribution is -1.97. The van der Waals surface area contributed by atoms with Gasteiger partial charge >= 0.3 is 0 Å². The minimum atomic E-state index is 0.480. The van der Waals surface area contributed by atoms with Crippen LogP contribution in [0.1, 0.15) is 18.2 Å². The molecule has 0 saturated heterocycles. The zero-order valence-corrected chi connectivity index (χ0v) is 10.2. The Hall–Kier alpha value is -0.550. The van der Waals surface area contributed by atoms with Gasteiger partial charge in [-0.3, -0.25) is 0 Å². The van der Waals surface area contributed by atoms with Gasteiger partial charge in [0.05, 0.1) is 10.1 Å². The molecule has 0 amide bonds. The quantitative estimate of drug-likeness (QED) is 0.866. The minimum absolute atomic E-state index is 0.480. The Kier molecular flexibility index (Phi) is 2.78. The Morgan fingerprint density at radius 1 is 1.43 bits per heavy atom. The second-order valence-electron chi connectivity index (χ2n) is 3.18. The Balaban J connectivity index is 2.79. The first kappa shape index (κ1) is 9.98. The number of halogens is 1. The number of hydrogen-bond acceptors (Lipinski definition) is 2. The number of rotatable bonds is 2. The van der Waals surface area contributed by atoms with Gasteiger partial charge in [0.15, 0.2) is 0 Å². The molecule has 2 aromatic rings. The molecule has 14 heavy (non-hydrogen) atoms. The second kappa shape index (κ2) is 3.90. The van der Waals surface area contributed by atoms with Gasteiger partial charge in [0, 0.05) is 10.9 Å². The number of nitrogens with two attached hydrogens (primary N) is 1. The molecule has 0 saturated carbocycles. The molecule has 1 aromatic heterocycles. The summed E-state index contributed by atoms with van der Waals surface area (Å²) >= 11 is 2.29. The highest BCUT2D eigenvalue weighted by Gasteiger charge is 2.12. The fourth-order valence-electron chi connectivity index (χ4n) is 1.74. The Labute approximate surface area is 96.6 Å². The van der Waals surface area contributed by atoms with Crippen molar-refractivity contribution in [1.82, 2.24) is 0 Å². The van der Waals surface area contributed by atoms with Crippen molar-refractivity contribution in [3.8, 4) is 0 Å². The third-order valence-corrected chi connectivity index (χ3v) is 3.24. The maximum Gasteiger partial charge on any atom is 0.147 e. The number of para-hydroxylation sites is 1. The van der Waals surface area contributed by atoms with E-state index >= 15 is 0 Å². The van der Waals surface area contributed by atoms with Gasteiger partial charge in [-0.05, 0) is 35.1 Å². The maximum absolute atomic E-state index is 5.74. The van der Waals surface area contributed by atoms with Gasteiger partial charge in [0.1, 0.15) is 11.3 Å². The van der Waals surface area contributed by atoms with E-state index in [9.17, 15) is 0 Å². The number of hydrogen-bond donors (Lipinski definition) is 1. The third kappa shape index (κ3) is 1.44. The molecule has 0 atom stereocenters. The van der Waals surface area contributed by atoms with E-state index in [0.29, 0.717) is 6.54 Å². The summed E-state index contributed by atoms with van der Waals surface area (Å²) in [5.41, 5.74) is 7.87. The highest BCUT2D eigenvalue weighted by atomic mass is 127. The van der Waals surface area contributed by atoms with Gasteiger partial charge < -0.3 is 10.2 Å². The lowest BCUT2D eigenvalue weighted by molar-refractivity contribution is 0.545. The highest BCUT2D eigenvalue weighted by Crippen LogP contribution is 2.29. The first-order chi connectivity index (χ1) is 6.77. The van der Waals surface area contributed by atoms with E-state index in [1.165, 1.54) is 10.9 Å². The van der Waals surface area contributed by atoms with Crippen molar-refractivity contribution in [2.24, 2.45) is 5.73 Å². The molecular formula is C11H12INO. The van der Waals surface area contributed by atoms with Crippen molar-refractivity contribution in [1.29, 1.82) is 0 Å². The van der Waals surface area contributed by atoms with Crippen molar-refractivity contribution in [3.05, 3.63) is 33.1 Å². The summed E-state index contributed by atoms with van der Waals surface area (Å²) in [5.74, 6) is 0.923. The van der Waals surface area contributed by atoms with Crippen LogP contribution in [0.2, 0.25) is 0 Å². The predicted octanol–water partition coefficient (Wildman–Crippen LogP) is 3.06. The molecule has 1 heterocycles. The SMILES string of the molecule is CCc1c(CN)oc2c(I)cccc12. The number of aryl methyl sites for hydroxylation is 1. The fraction of sp³-hybridized carbons (Fsp3) is 0.273. The summed E-state index contributed by atoms with van der Waals surface area (Å²) in [6.45, 7) is 2.61. The summed E-state index contributed by atoms with van der Waals surface area (Å²) in [7, 11) is 0.